The molecule has 1 heterocycles. The summed E-state index contributed by atoms with van der Waals surface area (Å²) in [6.07, 6.45) is 2.82. The highest BCUT2D eigenvalue weighted by molar-refractivity contribution is 6.00. The molecule has 0 fully saturated rings. The van der Waals surface area contributed by atoms with Gasteiger partial charge in [0.2, 0.25) is 0 Å². The van der Waals surface area contributed by atoms with Crippen molar-refractivity contribution in [3.8, 4) is 0 Å². The largest absolute Gasteiger partial charge is 0.359 e. The van der Waals surface area contributed by atoms with Crippen LogP contribution in [0.5, 0.6) is 0 Å². The molecule has 1 aromatic carbocycles. The summed E-state index contributed by atoms with van der Waals surface area (Å²) in [6, 6.07) is 7.77. The van der Waals surface area contributed by atoms with Crippen LogP contribution >= 0.6 is 0 Å². The van der Waals surface area contributed by atoms with Crippen LogP contribution in [0.3, 0.4) is 0 Å². The van der Waals surface area contributed by atoms with Crippen LogP contribution in [0.4, 0.5) is 10.5 Å². The predicted octanol–water partition coefficient (Wildman–Crippen LogP) is 1.60. The zero-order valence-electron chi connectivity index (χ0n) is 12.8. The molecule has 5 heteroatoms. The molecule has 0 bridgehead atoms. The Bertz CT molecular complexity index is 574. The number of nitrogens with one attached hydrogen (secondary N) is 4. The van der Waals surface area contributed by atoms with Gasteiger partial charge in [-0.15, -0.1) is 0 Å². The second-order valence-electron chi connectivity index (χ2n) is 5.19. The Morgan fingerprint density at radius 3 is 2.76 bits per heavy atom. The topological polar surface area (TPSA) is 61.4 Å². The molecule has 0 atom stereocenters. The van der Waals surface area contributed by atoms with Crippen LogP contribution in [0.2, 0.25) is 0 Å². The van der Waals surface area contributed by atoms with Crippen LogP contribution in [0.15, 0.2) is 30.5 Å². The average Bonchev–Trinajstić information content (AvgIpc) is 2.91. The van der Waals surface area contributed by atoms with Crippen molar-refractivity contribution in [2.75, 3.05) is 31.5 Å². The van der Waals surface area contributed by atoms with Gasteiger partial charge in [-0.05, 0) is 19.9 Å². The van der Waals surface area contributed by atoms with Crippen molar-refractivity contribution in [1.82, 2.24) is 10.3 Å². The highest BCUT2D eigenvalue weighted by Crippen LogP contribution is 2.22. The van der Waals surface area contributed by atoms with Crippen LogP contribution in [-0.4, -0.2) is 37.2 Å². The van der Waals surface area contributed by atoms with Gasteiger partial charge in [-0.2, -0.15) is 0 Å². The van der Waals surface area contributed by atoms with Gasteiger partial charge in [0, 0.05) is 30.1 Å². The molecule has 0 radical (unpaired) electrons. The standard InChI is InChI=1S/C16H24N4O/c1-3-20(4-2)11-7-10-17-16(21)19-15-12-18-14-9-6-5-8-13(14)15/h5-6,8-9,12,18H,3-4,7,10-11H2,1-2H3,(H2,17,19,21)/p+1. The number of benzene rings is 1. The third-order valence-electron chi connectivity index (χ3n) is 3.83. The van der Waals surface area contributed by atoms with Gasteiger partial charge in [0.05, 0.1) is 25.3 Å². The molecule has 4 N–H and O–H groups in total. The molecule has 0 aliphatic carbocycles. The van der Waals surface area contributed by atoms with E-state index < -0.39 is 0 Å². The molecular formula is C16H25N4O+. The average molecular weight is 289 g/mol. The molecular weight excluding hydrogens is 264 g/mol. The Morgan fingerprint density at radius 2 is 2.00 bits per heavy atom. The minimum atomic E-state index is -0.144. The first kappa shape index (κ1) is 15.4. The second kappa shape index (κ2) is 7.69. The van der Waals surface area contributed by atoms with E-state index in [2.05, 4.69) is 29.5 Å². The summed E-state index contributed by atoms with van der Waals surface area (Å²) in [4.78, 5) is 16.6. The Balaban J connectivity index is 1.77. The number of urea groups is 1. The van der Waals surface area contributed by atoms with Gasteiger partial charge in [0.15, 0.2) is 0 Å². The fourth-order valence-corrected chi connectivity index (χ4v) is 2.49. The van der Waals surface area contributed by atoms with Crippen molar-refractivity contribution in [3.63, 3.8) is 0 Å². The molecule has 21 heavy (non-hydrogen) atoms. The highest BCUT2D eigenvalue weighted by Gasteiger charge is 2.07. The molecule has 0 aliphatic heterocycles. The first-order valence-corrected chi connectivity index (χ1v) is 7.69. The molecule has 2 rings (SSSR count). The summed E-state index contributed by atoms with van der Waals surface area (Å²) < 4.78 is 0. The number of amides is 2. The summed E-state index contributed by atoms with van der Waals surface area (Å²) in [5.74, 6) is 0. The fraction of sp³-hybridized carbons (Fsp3) is 0.438. The lowest BCUT2D eigenvalue weighted by Crippen LogP contribution is -3.11. The Morgan fingerprint density at radius 1 is 1.24 bits per heavy atom. The van der Waals surface area contributed by atoms with Gasteiger partial charge < -0.3 is 20.5 Å². The zero-order chi connectivity index (χ0) is 15.1. The van der Waals surface area contributed by atoms with Crippen LogP contribution < -0.4 is 15.5 Å². The summed E-state index contributed by atoms with van der Waals surface area (Å²) in [7, 11) is 0. The third kappa shape index (κ3) is 4.23. The monoisotopic (exact) mass is 289 g/mol. The van der Waals surface area contributed by atoms with Crippen molar-refractivity contribution < 1.29 is 9.69 Å². The molecule has 2 amide bonds. The van der Waals surface area contributed by atoms with E-state index in [-0.39, 0.29) is 6.03 Å². The fourth-order valence-electron chi connectivity index (χ4n) is 2.49. The van der Waals surface area contributed by atoms with Crippen LogP contribution in [0.25, 0.3) is 10.9 Å². The van der Waals surface area contributed by atoms with Crippen molar-refractivity contribution >= 4 is 22.6 Å². The minimum absolute atomic E-state index is 0.144. The highest BCUT2D eigenvalue weighted by atomic mass is 16.2. The zero-order valence-corrected chi connectivity index (χ0v) is 12.8. The van der Waals surface area contributed by atoms with E-state index in [1.807, 2.05) is 30.5 Å². The normalized spacial score (nSPS) is 11.0. The molecule has 0 unspecified atom stereocenters. The first-order chi connectivity index (χ1) is 10.2. The van der Waals surface area contributed by atoms with Gasteiger partial charge in [-0.25, -0.2) is 4.79 Å². The number of anilines is 1. The molecule has 1 aromatic heterocycles. The number of hydrogen-bond donors (Lipinski definition) is 4. The van der Waals surface area contributed by atoms with Crippen LogP contribution in [0.1, 0.15) is 20.3 Å². The number of aromatic nitrogens is 1. The molecule has 5 nitrogen and oxygen atoms in total. The van der Waals surface area contributed by atoms with E-state index >= 15 is 0 Å². The van der Waals surface area contributed by atoms with E-state index in [1.165, 1.54) is 0 Å². The SMILES string of the molecule is CC[NH+](CC)CCCNC(=O)Nc1c[nH]c2ccccc12. The van der Waals surface area contributed by atoms with E-state index in [9.17, 15) is 4.79 Å². The Kier molecular flexibility index (Phi) is 5.63. The van der Waals surface area contributed by atoms with E-state index in [4.69, 9.17) is 0 Å². The van der Waals surface area contributed by atoms with Gasteiger partial charge in [0.25, 0.3) is 0 Å². The number of aromatic amines is 1. The Hall–Kier alpha value is -2.01. The smallest absolute Gasteiger partial charge is 0.319 e. The molecule has 0 saturated carbocycles. The number of H-pyrrole nitrogens is 1. The number of fused-ring (bicyclic) bond motifs is 1. The van der Waals surface area contributed by atoms with Crippen LogP contribution in [-0.2, 0) is 0 Å². The second-order valence-corrected chi connectivity index (χ2v) is 5.19. The molecule has 2 aromatic rings. The Labute approximate surface area is 125 Å². The summed E-state index contributed by atoms with van der Waals surface area (Å²) in [5, 5.41) is 6.83. The van der Waals surface area contributed by atoms with Gasteiger partial charge in [-0.1, -0.05) is 18.2 Å². The maximum Gasteiger partial charge on any atom is 0.319 e. The maximum atomic E-state index is 11.9. The molecule has 0 saturated heterocycles. The molecule has 0 spiro atoms. The van der Waals surface area contributed by atoms with Crippen molar-refractivity contribution in [1.29, 1.82) is 0 Å². The third-order valence-corrected chi connectivity index (χ3v) is 3.83. The van der Waals surface area contributed by atoms with Crippen LogP contribution in [0, 0.1) is 0 Å². The van der Waals surface area contributed by atoms with Crippen molar-refractivity contribution in [2.45, 2.75) is 20.3 Å². The number of carbonyl (C=O) groups is 1. The van der Waals surface area contributed by atoms with Crippen molar-refractivity contribution in [3.05, 3.63) is 30.5 Å². The number of hydrogen-bond acceptors (Lipinski definition) is 1. The number of quaternary nitrogens is 1. The summed E-state index contributed by atoms with van der Waals surface area (Å²) in [6.45, 7) is 8.46. The van der Waals surface area contributed by atoms with Gasteiger partial charge in [0.1, 0.15) is 0 Å². The number of rotatable bonds is 7. The van der Waals surface area contributed by atoms with E-state index in [0.29, 0.717) is 6.54 Å². The van der Waals surface area contributed by atoms with Gasteiger partial charge >= 0.3 is 6.03 Å². The van der Waals surface area contributed by atoms with E-state index in [1.54, 1.807) is 4.90 Å². The minimum Gasteiger partial charge on any atom is -0.359 e. The quantitative estimate of drug-likeness (QED) is 0.575. The number of para-hydroxylation sites is 1. The van der Waals surface area contributed by atoms with E-state index in [0.717, 1.165) is 42.6 Å². The maximum absolute atomic E-state index is 11.9. The summed E-state index contributed by atoms with van der Waals surface area (Å²) in [5.41, 5.74) is 1.84. The summed E-state index contributed by atoms with van der Waals surface area (Å²) >= 11 is 0. The lowest BCUT2D eigenvalue weighted by molar-refractivity contribution is -0.896. The predicted molar refractivity (Wildman–Crippen MR) is 86.8 cm³/mol. The van der Waals surface area contributed by atoms with Gasteiger partial charge in [-0.3, -0.25) is 0 Å². The lowest BCUT2D eigenvalue weighted by Gasteiger charge is -2.15. The number of carbonyl (C=O) groups excluding carboxylic acids is 1. The molecule has 114 valence electrons. The first-order valence-electron chi connectivity index (χ1n) is 7.69. The van der Waals surface area contributed by atoms with Crippen molar-refractivity contribution in [2.24, 2.45) is 0 Å². The molecule has 0 aliphatic rings. The lowest BCUT2D eigenvalue weighted by atomic mass is 10.2.